The van der Waals surface area contributed by atoms with Crippen molar-refractivity contribution in [1.29, 1.82) is 0 Å². The van der Waals surface area contributed by atoms with Crippen LogP contribution in [0.1, 0.15) is 12.5 Å². The Morgan fingerprint density at radius 2 is 2.20 bits per heavy atom. The SMILES string of the molecule is CC1(c2ccccc2N)CNC(=O)OC1. The molecule has 1 saturated heterocycles. The molecule has 0 bridgehead atoms. The number of nitrogens with one attached hydrogen (secondary N) is 1. The molecule has 80 valence electrons. The first-order chi connectivity index (χ1) is 7.12. The second-order valence-electron chi connectivity index (χ2n) is 4.08. The van der Waals surface area contributed by atoms with E-state index in [1.54, 1.807) is 0 Å². The summed E-state index contributed by atoms with van der Waals surface area (Å²) < 4.78 is 5.00. The zero-order valence-corrected chi connectivity index (χ0v) is 8.62. The number of anilines is 1. The van der Waals surface area contributed by atoms with Crippen LogP contribution in [0.15, 0.2) is 24.3 Å². The number of amides is 1. The maximum Gasteiger partial charge on any atom is 0.407 e. The summed E-state index contributed by atoms with van der Waals surface area (Å²) in [5.74, 6) is 0. The third-order valence-electron chi connectivity index (χ3n) is 2.76. The molecule has 0 spiro atoms. The van der Waals surface area contributed by atoms with E-state index in [2.05, 4.69) is 5.32 Å². The van der Waals surface area contributed by atoms with E-state index in [1.165, 1.54) is 0 Å². The van der Waals surface area contributed by atoms with Gasteiger partial charge in [-0.25, -0.2) is 4.79 Å². The lowest BCUT2D eigenvalue weighted by Gasteiger charge is -2.34. The van der Waals surface area contributed by atoms with Crippen LogP contribution in [0.25, 0.3) is 0 Å². The maximum absolute atomic E-state index is 10.9. The minimum absolute atomic E-state index is 0.237. The van der Waals surface area contributed by atoms with Crippen LogP contribution in [0.2, 0.25) is 0 Å². The molecule has 0 aliphatic carbocycles. The van der Waals surface area contributed by atoms with Gasteiger partial charge < -0.3 is 15.8 Å². The van der Waals surface area contributed by atoms with Gasteiger partial charge in [0.1, 0.15) is 6.61 Å². The Morgan fingerprint density at radius 1 is 1.47 bits per heavy atom. The summed E-state index contributed by atoms with van der Waals surface area (Å²) in [6, 6.07) is 7.66. The minimum atomic E-state index is -0.359. The van der Waals surface area contributed by atoms with Crippen LogP contribution in [-0.4, -0.2) is 19.2 Å². The molecule has 2 rings (SSSR count). The average Bonchev–Trinajstić information content (AvgIpc) is 2.23. The Labute approximate surface area is 88.4 Å². The number of nitrogens with two attached hydrogens (primary N) is 1. The molecule has 0 radical (unpaired) electrons. The van der Waals surface area contributed by atoms with Crippen LogP contribution < -0.4 is 11.1 Å². The predicted molar refractivity (Wildman–Crippen MR) is 57.6 cm³/mol. The van der Waals surface area contributed by atoms with E-state index in [0.29, 0.717) is 13.2 Å². The van der Waals surface area contributed by atoms with Gasteiger partial charge in [-0.1, -0.05) is 25.1 Å². The van der Waals surface area contributed by atoms with Crippen LogP contribution in [0.3, 0.4) is 0 Å². The zero-order valence-electron chi connectivity index (χ0n) is 8.62. The standard InChI is InChI=1S/C11H14N2O2/c1-11(6-13-10(14)15-7-11)8-4-2-3-5-9(8)12/h2-5H,6-7,12H2,1H3,(H,13,14). The molecule has 1 aromatic carbocycles. The number of hydrogen-bond acceptors (Lipinski definition) is 3. The summed E-state index contributed by atoms with van der Waals surface area (Å²) >= 11 is 0. The van der Waals surface area contributed by atoms with Gasteiger partial charge in [0.25, 0.3) is 0 Å². The Morgan fingerprint density at radius 3 is 2.80 bits per heavy atom. The normalized spacial score (nSPS) is 25.5. The van der Waals surface area contributed by atoms with Crippen molar-refractivity contribution in [1.82, 2.24) is 5.32 Å². The van der Waals surface area contributed by atoms with Crippen molar-refractivity contribution in [2.24, 2.45) is 0 Å². The summed E-state index contributed by atoms with van der Waals surface area (Å²) in [6.45, 7) is 2.95. The van der Waals surface area contributed by atoms with Crippen molar-refractivity contribution in [3.05, 3.63) is 29.8 Å². The van der Waals surface area contributed by atoms with Crippen LogP contribution in [0.4, 0.5) is 10.5 Å². The number of carbonyl (C=O) groups excluding carboxylic acids is 1. The van der Waals surface area contributed by atoms with Crippen LogP contribution >= 0.6 is 0 Å². The Hall–Kier alpha value is -1.71. The number of nitrogen functional groups attached to an aromatic ring is 1. The summed E-state index contributed by atoms with van der Waals surface area (Å²) in [5.41, 5.74) is 7.42. The molecule has 0 aromatic heterocycles. The van der Waals surface area contributed by atoms with Crippen molar-refractivity contribution in [2.75, 3.05) is 18.9 Å². The number of carbonyl (C=O) groups is 1. The first-order valence-corrected chi connectivity index (χ1v) is 4.87. The van der Waals surface area contributed by atoms with Gasteiger partial charge in [0.05, 0.1) is 0 Å². The number of rotatable bonds is 1. The first-order valence-electron chi connectivity index (χ1n) is 4.87. The fourth-order valence-electron chi connectivity index (χ4n) is 1.81. The van der Waals surface area contributed by atoms with Crippen molar-refractivity contribution in [3.8, 4) is 0 Å². The molecular formula is C11H14N2O2. The smallest absolute Gasteiger partial charge is 0.407 e. The number of benzene rings is 1. The molecular weight excluding hydrogens is 192 g/mol. The second-order valence-corrected chi connectivity index (χ2v) is 4.08. The predicted octanol–water partition coefficient (Wildman–Crippen LogP) is 1.27. The lowest BCUT2D eigenvalue weighted by molar-refractivity contribution is 0.0932. The molecule has 1 aliphatic heterocycles. The molecule has 0 saturated carbocycles. The largest absolute Gasteiger partial charge is 0.449 e. The van der Waals surface area contributed by atoms with Gasteiger partial charge in [0, 0.05) is 17.6 Å². The summed E-state index contributed by atoms with van der Waals surface area (Å²) in [7, 11) is 0. The van der Waals surface area contributed by atoms with Crippen molar-refractivity contribution in [2.45, 2.75) is 12.3 Å². The average molecular weight is 206 g/mol. The fourth-order valence-corrected chi connectivity index (χ4v) is 1.81. The second kappa shape index (κ2) is 3.46. The van der Waals surface area contributed by atoms with Crippen molar-refractivity contribution in [3.63, 3.8) is 0 Å². The van der Waals surface area contributed by atoms with Gasteiger partial charge in [-0.05, 0) is 11.6 Å². The Balaban J connectivity index is 2.30. The molecule has 1 fully saturated rings. The quantitative estimate of drug-likeness (QED) is 0.680. The van der Waals surface area contributed by atoms with E-state index < -0.39 is 0 Å². The topological polar surface area (TPSA) is 64.3 Å². The highest BCUT2D eigenvalue weighted by Gasteiger charge is 2.34. The number of para-hydroxylation sites is 1. The fraction of sp³-hybridized carbons (Fsp3) is 0.364. The molecule has 1 heterocycles. The summed E-state index contributed by atoms with van der Waals surface area (Å²) in [5, 5.41) is 2.68. The molecule has 15 heavy (non-hydrogen) atoms. The highest BCUT2D eigenvalue weighted by atomic mass is 16.6. The third kappa shape index (κ3) is 1.75. The monoisotopic (exact) mass is 206 g/mol. The minimum Gasteiger partial charge on any atom is -0.449 e. The summed E-state index contributed by atoms with van der Waals surface area (Å²) in [6.07, 6.45) is -0.359. The summed E-state index contributed by atoms with van der Waals surface area (Å²) in [4.78, 5) is 10.9. The van der Waals surface area contributed by atoms with Gasteiger partial charge in [-0.3, -0.25) is 0 Å². The van der Waals surface area contributed by atoms with Gasteiger partial charge in [-0.15, -0.1) is 0 Å². The Bertz CT molecular complexity index is 380. The van der Waals surface area contributed by atoms with E-state index in [-0.39, 0.29) is 11.5 Å². The van der Waals surface area contributed by atoms with Crippen LogP contribution in [-0.2, 0) is 10.2 Å². The van der Waals surface area contributed by atoms with E-state index in [9.17, 15) is 4.79 Å². The number of alkyl carbamates (subject to hydrolysis) is 1. The number of hydrogen-bond donors (Lipinski definition) is 2. The van der Waals surface area contributed by atoms with Crippen molar-refractivity contribution >= 4 is 11.8 Å². The molecule has 4 nitrogen and oxygen atoms in total. The number of cyclic esters (lactones) is 1. The highest BCUT2D eigenvalue weighted by molar-refractivity contribution is 5.69. The third-order valence-corrected chi connectivity index (χ3v) is 2.76. The van der Waals surface area contributed by atoms with Crippen LogP contribution in [0, 0.1) is 0 Å². The van der Waals surface area contributed by atoms with Gasteiger partial charge >= 0.3 is 6.09 Å². The molecule has 1 unspecified atom stereocenters. The van der Waals surface area contributed by atoms with Gasteiger partial charge in [-0.2, -0.15) is 0 Å². The zero-order chi connectivity index (χ0) is 10.9. The van der Waals surface area contributed by atoms with Crippen molar-refractivity contribution < 1.29 is 9.53 Å². The van der Waals surface area contributed by atoms with Gasteiger partial charge in [0.15, 0.2) is 0 Å². The molecule has 1 aromatic rings. The molecule has 1 amide bonds. The lowest BCUT2D eigenvalue weighted by Crippen LogP contribution is -2.48. The van der Waals surface area contributed by atoms with Crippen LogP contribution in [0.5, 0.6) is 0 Å². The Kier molecular flexibility index (Phi) is 2.26. The highest BCUT2D eigenvalue weighted by Crippen LogP contribution is 2.29. The molecule has 3 N–H and O–H groups in total. The molecule has 1 aliphatic rings. The molecule has 1 atom stereocenters. The molecule has 4 heteroatoms. The van der Waals surface area contributed by atoms with E-state index in [0.717, 1.165) is 11.3 Å². The van der Waals surface area contributed by atoms with E-state index >= 15 is 0 Å². The van der Waals surface area contributed by atoms with Gasteiger partial charge in [0.2, 0.25) is 0 Å². The number of ether oxygens (including phenoxy) is 1. The maximum atomic E-state index is 10.9. The van der Waals surface area contributed by atoms with E-state index in [4.69, 9.17) is 10.5 Å². The first kappa shape index (κ1) is 9.83. The lowest BCUT2D eigenvalue weighted by atomic mass is 9.81. The van der Waals surface area contributed by atoms with E-state index in [1.807, 2.05) is 31.2 Å².